The number of carbonyl (C=O) groups is 1. The summed E-state index contributed by atoms with van der Waals surface area (Å²) >= 11 is 0. The second-order valence-corrected chi connectivity index (χ2v) is 5.71. The number of hydrogen-bond acceptors (Lipinski definition) is 3. The molecule has 2 bridgehead atoms. The van der Waals surface area contributed by atoms with Crippen LogP contribution in [0.4, 0.5) is 0 Å². The summed E-state index contributed by atoms with van der Waals surface area (Å²) in [5.41, 5.74) is 5.84. The maximum absolute atomic E-state index is 11.6. The Hall–Kier alpha value is -0.830. The second-order valence-electron chi connectivity index (χ2n) is 5.71. The molecule has 0 aromatic heterocycles. The van der Waals surface area contributed by atoms with Crippen LogP contribution in [-0.4, -0.2) is 19.1 Å². The lowest BCUT2D eigenvalue weighted by atomic mass is 9.68. The second kappa shape index (κ2) is 3.88. The van der Waals surface area contributed by atoms with Crippen LogP contribution >= 0.6 is 0 Å². The van der Waals surface area contributed by atoms with Crippen molar-refractivity contribution in [2.45, 2.75) is 32.7 Å². The number of ether oxygens (including phenoxy) is 1. The standard InChI is InChI=1S/C13H21NO2/c1-13(2,11(14)12(15)16-3)10-7-8-4-5-9(10)6-8/h4-5,8-11H,6-7,14H2,1-3H3. The zero-order chi connectivity index (χ0) is 11.9. The van der Waals surface area contributed by atoms with Gasteiger partial charge < -0.3 is 10.5 Å². The van der Waals surface area contributed by atoms with E-state index < -0.39 is 6.04 Å². The van der Waals surface area contributed by atoms with Gasteiger partial charge in [-0.25, -0.2) is 0 Å². The summed E-state index contributed by atoms with van der Waals surface area (Å²) in [5.74, 6) is 1.53. The van der Waals surface area contributed by atoms with Gasteiger partial charge >= 0.3 is 5.97 Å². The smallest absolute Gasteiger partial charge is 0.323 e. The van der Waals surface area contributed by atoms with Gasteiger partial charge in [-0.15, -0.1) is 0 Å². The molecule has 0 aliphatic heterocycles. The van der Waals surface area contributed by atoms with Crippen molar-refractivity contribution in [3.63, 3.8) is 0 Å². The summed E-state index contributed by atoms with van der Waals surface area (Å²) in [6, 6.07) is -0.518. The molecule has 3 heteroatoms. The molecule has 0 heterocycles. The fourth-order valence-corrected chi connectivity index (χ4v) is 3.30. The number of esters is 1. The minimum Gasteiger partial charge on any atom is -0.468 e. The van der Waals surface area contributed by atoms with Crippen molar-refractivity contribution in [2.24, 2.45) is 28.9 Å². The Balaban J connectivity index is 2.13. The third-order valence-electron chi connectivity index (χ3n) is 4.49. The van der Waals surface area contributed by atoms with E-state index >= 15 is 0 Å². The predicted molar refractivity (Wildman–Crippen MR) is 62.6 cm³/mol. The molecule has 0 saturated heterocycles. The fourth-order valence-electron chi connectivity index (χ4n) is 3.30. The Morgan fingerprint density at radius 2 is 2.12 bits per heavy atom. The predicted octanol–water partition coefficient (Wildman–Crippen LogP) is 1.73. The van der Waals surface area contributed by atoms with E-state index in [0.717, 1.165) is 0 Å². The number of rotatable bonds is 3. The van der Waals surface area contributed by atoms with Gasteiger partial charge in [0.05, 0.1) is 7.11 Å². The van der Waals surface area contributed by atoms with Crippen LogP contribution < -0.4 is 5.73 Å². The molecule has 1 saturated carbocycles. The third-order valence-corrected chi connectivity index (χ3v) is 4.49. The van der Waals surface area contributed by atoms with Crippen molar-refractivity contribution < 1.29 is 9.53 Å². The lowest BCUT2D eigenvalue weighted by Crippen LogP contribution is -2.49. The first-order chi connectivity index (χ1) is 7.46. The van der Waals surface area contributed by atoms with Crippen LogP contribution in [-0.2, 0) is 9.53 Å². The maximum Gasteiger partial charge on any atom is 0.323 e. The number of nitrogens with two attached hydrogens (primary N) is 1. The molecule has 0 spiro atoms. The first-order valence-corrected chi connectivity index (χ1v) is 5.98. The third kappa shape index (κ3) is 1.67. The van der Waals surface area contributed by atoms with Crippen LogP contribution in [0.2, 0.25) is 0 Å². The van der Waals surface area contributed by atoms with Gasteiger partial charge in [-0.05, 0) is 36.0 Å². The van der Waals surface area contributed by atoms with Crippen molar-refractivity contribution in [2.75, 3.05) is 7.11 Å². The number of carbonyl (C=O) groups excluding carboxylic acids is 1. The first-order valence-electron chi connectivity index (χ1n) is 5.98. The van der Waals surface area contributed by atoms with Crippen LogP contribution in [0.3, 0.4) is 0 Å². The summed E-state index contributed by atoms with van der Waals surface area (Å²) in [7, 11) is 1.40. The van der Waals surface area contributed by atoms with E-state index in [4.69, 9.17) is 10.5 Å². The van der Waals surface area contributed by atoms with Gasteiger partial charge in [-0.1, -0.05) is 26.0 Å². The first kappa shape index (κ1) is 11.6. The lowest BCUT2D eigenvalue weighted by molar-refractivity contribution is -0.146. The molecule has 2 aliphatic carbocycles. The van der Waals surface area contributed by atoms with Crippen molar-refractivity contribution in [1.82, 2.24) is 0 Å². The van der Waals surface area contributed by atoms with E-state index in [1.807, 2.05) is 0 Å². The van der Waals surface area contributed by atoms with Gasteiger partial charge in [0.15, 0.2) is 0 Å². The Morgan fingerprint density at radius 1 is 1.44 bits per heavy atom. The van der Waals surface area contributed by atoms with Gasteiger partial charge in [-0.3, -0.25) is 4.79 Å². The summed E-state index contributed by atoms with van der Waals surface area (Å²) in [6.45, 7) is 4.18. The van der Waals surface area contributed by atoms with E-state index in [1.54, 1.807) is 0 Å². The Bertz CT molecular complexity index is 322. The van der Waals surface area contributed by atoms with Crippen LogP contribution in [0.15, 0.2) is 12.2 Å². The maximum atomic E-state index is 11.6. The molecule has 16 heavy (non-hydrogen) atoms. The number of fused-ring (bicyclic) bond motifs is 2. The zero-order valence-corrected chi connectivity index (χ0v) is 10.3. The molecule has 0 radical (unpaired) electrons. The lowest BCUT2D eigenvalue weighted by Gasteiger charge is -2.39. The summed E-state index contributed by atoms with van der Waals surface area (Å²) < 4.78 is 4.76. The van der Waals surface area contributed by atoms with E-state index in [1.165, 1.54) is 20.0 Å². The van der Waals surface area contributed by atoms with Crippen LogP contribution in [0.5, 0.6) is 0 Å². The number of allylic oxidation sites excluding steroid dienone is 2. The van der Waals surface area contributed by atoms with Crippen molar-refractivity contribution >= 4 is 5.97 Å². The highest BCUT2D eigenvalue weighted by Gasteiger charge is 2.48. The molecule has 1 fully saturated rings. The average Bonchev–Trinajstić information content (AvgIpc) is 2.88. The van der Waals surface area contributed by atoms with Gasteiger partial charge in [-0.2, -0.15) is 0 Å². The SMILES string of the molecule is COC(=O)C(N)C(C)(C)C1CC2C=CC1C2. The molecule has 0 amide bonds. The fraction of sp³-hybridized carbons (Fsp3) is 0.769. The highest BCUT2D eigenvalue weighted by Crippen LogP contribution is 2.52. The molecule has 90 valence electrons. The average molecular weight is 223 g/mol. The quantitative estimate of drug-likeness (QED) is 0.585. The van der Waals surface area contributed by atoms with E-state index in [9.17, 15) is 4.79 Å². The Morgan fingerprint density at radius 3 is 2.56 bits per heavy atom. The van der Waals surface area contributed by atoms with Crippen LogP contribution in [0.25, 0.3) is 0 Å². The Labute approximate surface area is 97.0 Å². The largest absolute Gasteiger partial charge is 0.468 e. The molecular weight excluding hydrogens is 202 g/mol. The van der Waals surface area contributed by atoms with Gasteiger partial charge in [0.25, 0.3) is 0 Å². The minimum atomic E-state index is -0.518. The highest BCUT2D eigenvalue weighted by atomic mass is 16.5. The van der Waals surface area contributed by atoms with Crippen LogP contribution in [0, 0.1) is 23.2 Å². The van der Waals surface area contributed by atoms with Crippen molar-refractivity contribution in [3.05, 3.63) is 12.2 Å². The summed E-state index contributed by atoms with van der Waals surface area (Å²) in [6.07, 6.45) is 7.01. The van der Waals surface area contributed by atoms with E-state index in [2.05, 4.69) is 26.0 Å². The molecule has 2 N–H and O–H groups in total. The molecule has 3 nitrogen and oxygen atoms in total. The molecule has 4 atom stereocenters. The number of hydrogen-bond donors (Lipinski definition) is 1. The van der Waals surface area contributed by atoms with Crippen molar-refractivity contribution in [3.8, 4) is 0 Å². The minimum absolute atomic E-state index is 0.183. The van der Waals surface area contributed by atoms with E-state index in [-0.39, 0.29) is 11.4 Å². The molecule has 2 rings (SSSR count). The Kier molecular flexibility index (Phi) is 2.82. The van der Waals surface area contributed by atoms with Gasteiger partial charge in [0.1, 0.15) is 6.04 Å². The summed E-state index contributed by atoms with van der Waals surface area (Å²) in [4.78, 5) is 11.6. The zero-order valence-electron chi connectivity index (χ0n) is 10.3. The van der Waals surface area contributed by atoms with Gasteiger partial charge in [0, 0.05) is 0 Å². The number of methoxy groups -OCH3 is 1. The van der Waals surface area contributed by atoms with E-state index in [0.29, 0.717) is 17.8 Å². The molecule has 2 aliphatic rings. The molecular formula is C13H21NO2. The highest BCUT2D eigenvalue weighted by molar-refractivity contribution is 5.76. The van der Waals surface area contributed by atoms with Gasteiger partial charge in [0.2, 0.25) is 0 Å². The molecule has 0 aromatic carbocycles. The molecule has 0 aromatic rings. The van der Waals surface area contributed by atoms with Crippen LogP contribution in [0.1, 0.15) is 26.7 Å². The topological polar surface area (TPSA) is 52.3 Å². The molecule has 4 unspecified atom stereocenters. The monoisotopic (exact) mass is 223 g/mol. The van der Waals surface area contributed by atoms with Crippen molar-refractivity contribution in [1.29, 1.82) is 0 Å². The normalized spacial score (nSPS) is 34.1. The summed E-state index contributed by atoms with van der Waals surface area (Å²) in [5, 5.41) is 0.